The predicted molar refractivity (Wildman–Crippen MR) is 65.5 cm³/mol. The topological polar surface area (TPSA) is 46.9 Å². The molecule has 1 saturated heterocycles. The molecule has 1 heterocycles. The van der Waals surface area contributed by atoms with Crippen molar-refractivity contribution >= 4 is 0 Å². The summed E-state index contributed by atoms with van der Waals surface area (Å²) in [7, 11) is 4.11. The third-order valence-corrected chi connectivity index (χ3v) is 3.09. The highest BCUT2D eigenvalue weighted by atomic mass is 16.3. The normalized spacial score (nSPS) is 27.9. The molecule has 0 bridgehead atoms. The first-order chi connectivity index (χ1) is 7.28. The Kier molecular flexibility index (Phi) is 4.73. The van der Waals surface area contributed by atoms with E-state index in [-0.39, 0.29) is 6.10 Å². The molecule has 2 unspecified atom stereocenters. The van der Waals surface area contributed by atoms with Gasteiger partial charge >= 0.3 is 0 Å². The van der Waals surface area contributed by atoms with E-state index < -0.39 is 5.60 Å². The van der Waals surface area contributed by atoms with Crippen molar-refractivity contribution in [1.82, 2.24) is 9.80 Å². The average Bonchev–Trinajstić information content (AvgIpc) is 2.40. The van der Waals surface area contributed by atoms with Gasteiger partial charge in [0.15, 0.2) is 0 Å². The van der Waals surface area contributed by atoms with Gasteiger partial charge in [0.1, 0.15) is 0 Å². The number of nitrogens with zero attached hydrogens (tertiary/aromatic N) is 2. The summed E-state index contributed by atoms with van der Waals surface area (Å²) in [5.74, 6) is 0. The number of aliphatic hydroxyl groups excluding tert-OH is 1. The summed E-state index contributed by atoms with van der Waals surface area (Å²) in [6, 6.07) is 0.423. The number of likely N-dealkylation sites (tertiary alicyclic amines) is 1. The van der Waals surface area contributed by atoms with Gasteiger partial charge in [0.2, 0.25) is 0 Å². The summed E-state index contributed by atoms with van der Waals surface area (Å²) >= 11 is 0. The molecule has 16 heavy (non-hydrogen) atoms. The first kappa shape index (κ1) is 13.9. The summed E-state index contributed by atoms with van der Waals surface area (Å²) in [5.41, 5.74) is -0.615. The zero-order chi connectivity index (χ0) is 12.3. The Morgan fingerprint density at radius 2 is 2.00 bits per heavy atom. The molecule has 4 nitrogen and oxygen atoms in total. The first-order valence-electron chi connectivity index (χ1n) is 6.07. The van der Waals surface area contributed by atoms with Crippen LogP contribution in [-0.2, 0) is 0 Å². The van der Waals surface area contributed by atoms with Gasteiger partial charge in [-0.2, -0.15) is 0 Å². The van der Waals surface area contributed by atoms with Gasteiger partial charge in [0.25, 0.3) is 0 Å². The molecule has 2 atom stereocenters. The van der Waals surface area contributed by atoms with Gasteiger partial charge in [0, 0.05) is 25.7 Å². The molecule has 1 rings (SSSR count). The van der Waals surface area contributed by atoms with Crippen molar-refractivity contribution in [2.75, 3.05) is 33.7 Å². The molecule has 96 valence electrons. The van der Waals surface area contributed by atoms with E-state index in [1.165, 1.54) is 0 Å². The van der Waals surface area contributed by atoms with Crippen LogP contribution in [0.5, 0.6) is 0 Å². The molecular formula is C12H26N2O2. The summed E-state index contributed by atoms with van der Waals surface area (Å²) < 4.78 is 0. The number of rotatable bonds is 5. The minimum absolute atomic E-state index is 0.202. The second-order valence-electron chi connectivity index (χ2n) is 5.86. The van der Waals surface area contributed by atoms with Crippen LogP contribution < -0.4 is 0 Å². The molecule has 0 aromatic heterocycles. The molecule has 0 amide bonds. The lowest BCUT2D eigenvalue weighted by Crippen LogP contribution is -2.40. The third-order valence-electron chi connectivity index (χ3n) is 3.09. The van der Waals surface area contributed by atoms with E-state index in [9.17, 15) is 10.2 Å². The van der Waals surface area contributed by atoms with E-state index in [1.54, 1.807) is 0 Å². The smallest absolute Gasteiger partial charge is 0.0682 e. The van der Waals surface area contributed by atoms with Gasteiger partial charge in [-0.15, -0.1) is 0 Å². The van der Waals surface area contributed by atoms with Gasteiger partial charge in [-0.1, -0.05) is 0 Å². The monoisotopic (exact) mass is 230 g/mol. The minimum Gasteiger partial charge on any atom is -0.392 e. The van der Waals surface area contributed by atoms with Crippen LogP contribution in [0.25, 0.3) is 0 Å². The summed E-state index contributed by atoms with van der Waals surface area (Å²) in [4.78, 5) is 4.45. The van der Waals surface area contributed by atoms with Crippen molar-refractivity contribution in [2.45, 2.75) is 44.4 Å². The van der Waals surface area contributed by atoms with E-state index in [4.69, 9.17) is 0 Å². The fourth-order valence-corrected chi connectivity index (χ4v) is 2.26. The van der Waals surface area contributed by atoms with Crippen LogP contribution in [0.4, 0.5) is 0 Å². The summed E-state index contributed by atoms with van der Waals surface area (Å²) in [6.45, 7) is 6.25. The van der Waals surface area contributed by atoms with Gasteiger partial charge in [-0.3, -0.25) is 4.90 Å². The molecule has 1 aliphatic heterocycles. The van der Waals surface area contributed by atoms with Crippen molar-refractivity contribution in [3.8, 4) is 0 Å². The number of aliphatic hydroxyl groups is 2. The number of hydrogen-bond acceptors (Lipinski definition) is 4. The molecule has 4 heteroatoms. The van der Waals surface area contributed by atoms with Crippen LogP contribution >= 0.6 is 0 Å². The van der Waals surface area contributed by atoms with E-state index in [2.05, 4.69) is 23.9 Å². The van der Waals surface area contributed by atoms with Crippen molar-refractivity contribution in [3.05, 3.63) is 0 Å². The highest BCUT2D eigenvalue weighted by Gasteiger charge is 2.31. The molecule has 0 aliphatic carbocycles. The van der Waals surface area contributed by atoms with Crippen LogP contribution in [0.2, 0.25) is 0 Å². The van der Waals surface area contributed by atoms with Crippen molar-refractivity contribution in [2.24, 2.45) is 0 Å². The SMILES string of the molecule is CN(C)CC1CC(O)CN1CCC(C)(C)O. The molecule has 0 radical (unpaired) electrons. The molecule has 1 fully saturated rings. The van der Waals surface area contributed by atoms with Crippen molar-refractivity contribution in [3.63, 3.8) is 0 Å². The highest BCUT2D eigenvalue weighted by Crippen LogP contribution is 2.20. The summed E-state index contributed by atoms with van der Waals surface area (Å²) in [5, 5.41) is 19.4. The lowest BCUT2D eigenvalue weighted by atomic mass is 10.1. The van der Waals surface area contributed by atoms with Crippen LogP contribution in [0.1, 0.15) is 26.7 Å². The van der Waals surface area contributed by atoms with Gasteiger partial charge < -0.3 is 15.1 Å². The quantitative estimate of drug-likeness (QED) is 0.705. The number of likely N-dealkylation sites (N-methyl/N-ethyl adjacent to an activating group) is 1. The Hall–Kier alpha value is -0.160. The molecule has 0 spiro atoms. The fourth-order valence-electron chi connectivity index (χ4n) is 2.26. The number of hydrogen-bond donors (Lipinski definition) is 2. The Labute approximate surface area is 98.9 Å². The maximum Gasteiger partial charge on any atom is 0.0682 e. The Balaban J connectivity index is 2.43. The van der Waals surface area contributed by atoms with E-state index >= 15 is 0 Å². The fraction of sp³-hybridized carbons (Fsp3) is 1.00. The predicted octanol–water partition coefficient (Wildman–Crippen LogP) is 0.144. The van der Waals surface area contributed by atoms with E-state index in [1.807, 2.05) is 13.8 Å². The minimum atomic E-state index is -0.615. The Bertz CT molecular complexity index is 214. The standard InChI is InChI=1S/C12H26N2O2/c1-12(2,16)5-6-14-9-11(15)7-10(14)8-13(3)4/h10-11,15-16H,5-9H2,1-4H3. The van der Waals surface area contributed by atoms with Gasteiger partial charge in [-0.25, -0.2) is 0 Å². The zero-order valence-corrected chi connectivity index (χ0v) is 11.0. The largest absolute Gasteiger partial charge is 0.392 e. The lowest BCUT2D eigenvalue weighted by Gasteiger charge is -2.29. The first-order valence-corrected chi connectivity index (χ1v) is 6.07. The Morgan fingerprint density at radius 3 is 2.50 bits per heavy atom. The van der Waals surface area contributed by atoms with Crippen LogP contribution in [0.3, 0.4) is 0 Å². The van der Waals surface area contributed by atoms with Crippen molar-refractivity contribution < 1.29 is 10.2 Å². The van der Waals surface area contributed by atoms with Crippen molar-refractivity contribution in [1.29, 1.82) is 0 Å². The molecule has 2 N–H and O–H groups in total. The molecule has 0 aromatic carbocycles. The third kappa shape index (κ3) is 4.78. The van der Waals surface area contributed by atoms with Crippen LogP contribution in [-0.4, -0.2) is 71.5 Å². The lowest BCUT2D eigenvalue weighted by molar-refractivity contribution is 0.0529. The maximum absolute atomic E-state index is 9.71. The molecule has 0 saturated carbocycles. The second-order valence-corrected chi connectivity index (χ2v) is 5.86. The maximum atomic E-state index is 9.71. The zero-order valence-electron chi connectivity index (χ0n) is 11.0. The van der Waals surface area contributed by atoms with E-state index in [0.29, 0.717) is 6.04 Å². The Morgan fingerprint density at radius 1 is 1.38 bits per heavy atom. The molecule has 1 aliphatic rings. The van der Waals surface area contributed by atoms with Crippen LogP contribution in [0, 0.1) is 0 Å². The average molecular weight is 230 g/mol. The second kappa shape index (κ2) is 5.45. The summed E-state index contributed by atoms with van der Waals surface area (Å²) in [6.07, 6.45) is 1.40. The van der Waals surface area contributed by atoms with Crippen LogP contribution in [0.15, 0.2) is 0 Å². The highest BCUT2D eigenvalue weighted by molar-refractivity contribution is 4.87. The number of β-amino-alcohol motifs (C(OH)–C–C–N with tert-alkyl or cyclic N) is 1. The molecule has 0 aromatic rings. The van der Waals surface area contributed by atoms with Gasteiger partial charge in [0.05, 0.1) is 11.7 Å². The van der Waals surface area contributed by atoms with Gasteiger partial charge in [-0.05, 0) is 40.8 Å². The van der Waals surface area contributed by atoms with E-state index in [0.717, 1.165) is 32.5 Å². The molecular weight excluding hydrogens is 204 g/mol.